The van der Waals surface area contributed by atoms with Gasteiger partial charge >= 0.3 is 0 Å². The first-order valence-electron chi connectivity index (χ1n) is 7.57. The lowest BCUT2D eigenvalue weighted by Crippen LogP contribution is -2.22. The van der Waals surface area contributed by atoms with E-state index in [0.717, 1.165) is 32.8 Å². The van der Waals surface area contributed by atoms with Gasteiger partial charge in [-0.1, -0.05) is 23.5 Å². The summed E-state index contributed by atoms with van der Waals surface area (Å²) in [4.78, 5) is 23.2. The van der Waals surface area contributed by atoms with Gasteiger partial charge in [0.05, 0.1) is 29.1 Å². The van der Waals surface area contributed by atoms with E-state index in [1.807, 2.05) is 36.6 Å². The van der Waals surface area contributed by atoms with E-state index >= 15 is 0 Å². The number of carbonyl (C=O) groups is 1. The summed E-state index contributed by atoms with van der Waals surface area (Å²) in [7, 11) is 3.36. The molecule has 1 N–H and O–H groups in total. The number of benzene rings is 1. The Bertz CT molecular complexity index is 904. The van der Waals surface area contributed by atoms with Crippen molar-refractivity contribution < 1.29 is 9.53 Å². The molecule has 0 fully saturated rings. The van der Waals surface area contributed by atoms with Gasteiger partial charge in [-0.05, 0) is 19.1 Å². The molecule has 3 aromatic rings. The summed E-state index contributed by atoms with van der Waals surface area (Å²) in [6, 6.07) is 7.70. The maximum atomic E-state index is 11.5. The van der Waals surface area contributed by atoms with Crippen molar-refractivity contribution in [2.75, 3.05) is 24.4 Å². The van der Waals surface area contributed by atoms with Gasteiger partial charge < -0.3 is 10.1 Å². The first-order valence-corrected chi connectivity index (χ1v) is 9.27. The number of amides is 1. The minimum atomic E-state index is -0.0443. The summed E-state index contributed by atoms with van der Waals surface area (Å²) in [5.41, 5.74) is 2.58. The van der Waals surface area contributed by atoms with Crippen LogP contribution in [-0.2, 0) is 4.79 Å². The largest absolute Gasteiger partial charge is 0.495 e. The molecule has 0 atom stereocenters. The third kappa shape index (κ3) is 3.64. The van der Waals surface area contributed by atoms with Gasteiger partial charge in [-0.15, -0.1) is 11.3 Å². The van der Waals surface area contributed by atoms with E-state index < -0.39 is 0 Å². The van der Waals surface area contributed by atoms with E-state index in [1.54, 1.807) is 19.1 Å². The van der Waals surface area contributed by atoms with Crippen LogP contribution < -0.4 is 15.0 Å². The number of thiazole rings is 2. The lowest BCUT2D eigenvalue weighted by Gasteiger charge is -2.09. The Hall–Kier alpha value is -2.45. The molecule has 6 nitrogen and oxygen atoms in total. The Morgan fingerprint density at radius 1 is 1.28 bits per heavy atom. The number of hydrogen-bond acceptors (Lipinski definition) is 7. The molecule has 0 aliphatic carbocycles. The van der Waals surface area contributed by atoms with Crippen molar-refractivity contribution in [2.24, 2.45) is 0 Å². The smallest absolute Gasteiger partial charge is 0.225 e. The minimum absolute atomic E-state index is 0.0443. The van der Waals surface area contributed by atoms with E-state index in [0.29, 0.717) is 5.13 Å². The van der Waals surface area contributed by atoms with Gasteiger partial charge in [0.2, 0.25) is 5.91 Å². The molecule has 0 aliphatic rings. The molecule has 1 aromatic carbocycles. The standard InChI is InChI=1S/C17H18N4O2S2/c1-10-15(25-17(18-10)21(3)11(2)22)13-9-24-16(20-13)19-12-7-5-6-8-14(12)23-4/h5-9H,1-4H3,(H,19,20). The van der Waals surface area contributed by atoms with Crippen molar-refractivity contribution in [3.05, 3.63) is 35.3 Å². The number of para-hydroxylation sites is 2. The molecule has 2 aromatic heterocycles. The van der Waals surface area contributed by atoms with E-state index in [4.69, 9.17) is 4.74 Å². The molecule has 0 unspecified atom stereocenters. The number of ether oxygens (including phenoxy) is 1. The second-order valence-electron chi connectivity index (χ2n) is 5.35. The average molecular weight is 374 g/mol. The molecule has 3 rings (SSSR count). The number of aromatic nitrogens is 2. The van der Waals surface area contributed by atoms with Crippen molar-refractivity contribution in [3.63, 3.8) is 0 Å². The van der Waals surface area contributed by atoms with Gasteiger partial charge in [-0.2, -0.15) is 0 Å². The summed E-state index contributed by atoms with van der Waals surface area (Å²) in [6.07, 6.45) is 0. The minimum Gasteiger partial charge on any atom is -0.495 e. The predicted molar refractivity (Wildman–Crippen MR) is 103 cm³/mol. The summed E-state index contributed by atoms with van der Waals surface area (Å²) in [5, 5.41) is 6.71. The number of methoxy groups -OCH3 is 1. The highest BCUT2D eigenvalue weighted by Crippen LogP contribution is 2.37. The van der Waals surface area contributed by atoms with Gasteiger partial charge in [0.1, 0.15) is 5.75 Å². The fraction of sp³-hybridized carbons (Fsp3) is 0.235. The zero-order chi connectivity index (χ0) is 18.0. The van der Waals surface area contributed by atoms with Crippen molar-refractivity contribution in [3.8, 4) is 16.3 Å². The summed E-state index contributed by atoms with van der Waals surface area (Å²) < 4.78 is 5.35. The van der Waals surface area contributed by atoms with Crippen LogP contribution in [-0.4, -0.2) is 30.0 Å². The molecule has 0 bridgehead atoms. The fourth-order valence-corrected chi connectivity index (χ4v) is 4.02. The Labute approximate surface area is 154 Å². The molecule has 1 amide bonds. The maximum Gasteiger partial charge on any atom is 0.225 e. The quantitative estimate of drug-likeness (QED) is 0.721. The van der Waals surface area contributed by atoms with E-state index in [1.165, 1.54) is 29.6 Å². The number of hydrogen-bond donors (Lipinski definition) is 1. The molecule has 25 heavy (non-hydrogen) atoms. The molecule has 0 saturated heterocycles. The Morgan fingerprint density at radius 3 is 2.76 bits per heavy atom. The molecule has 8 heteroatoms. The van der Waals surface area contributed by atoms with Crippen LogP contribution in [0, 0.1) is 6.92 Å². The SMILES string of the molecule is COc1ccccc1Nc1nc(-c2sc(N(C)C(C)=O)nc2C)cs1. The third-order valence-corrected chi connectivity index (χ3v) is 5.64. The first kappa shape index (κ1) is 17.4. The van der Waals surface area contributed by atoms with Crippen molar-refractivity contribution >= 4 is 44.5 Å². The van der Waals surface area contributed by atoms with Crippen molar-refractivity contribution in [1.29, 1.82) is 0 Å². The molecular formula is C17H18N4O2S2. The first-order chi connectivity index (χ1) is 12.0. The Morgan fingerprint density at radius 2 is 2.04 bits per heavy atom. The number of nitrogens with zero attached hydrogens (tertiary/aromatic N) is 3. The van der Waals surface area contributed by atoms with Crippen LogP contribution in [0.15, 0.2) is 29.6 Å². The second kappa shape index (κ2) is 7.20. The van der Waals surface area contributed by atoms with E-state index in [9.17, 15) is 4.79 Å². The summed E-state index contributed by atoms with van der Waals surface area (Å²) in [5.74, 6) is 0.718. The average Bonchev–Trinajstić information content (AvgIpc) is 3.21. The molecule has 0 radical (unpaired) electrons. The van der Waals surface area contributed by atoms with Crippen LogP contribution in [0.5, 0.6) is 5.75 Å². The van der Waals surface area contributed by atoms with Crippen LogP contribution in [0.4, 0.5) is 16.0 Å². The van der Waals surface area contributed by atoms with Crippen LogP contribution in [0.25, 0.3) is 10.6 Å². The second-order valence-corrected chi connectivity index (χ2v) is 7.19. The van der Waals surface area contributed by atoms with Crippen molar-refractivity contribution in [1.82, 2.24) is 9.97 Å². The lowest BCUT2D eigenvalue weighted by molar-refractivity contribution is -0.116. The van der Waals surface area contributed by atoms with Gasteiger partial charge in [0.25, 0.3) is 0 Å². The molecule has 0 spiro atoms. The highest BCUT2D eigenvalue weighted by molar-refractivity contribution is 7.20. The molecular weight excluding hydrogens is 356 g/mol. The molecule has 130 valence electrons. The predicted octanol–water partition coefficient (Wildman–Crippen LogP) is 4.31. The van der Waals surface area contributed by atoms with Crippen LogP contribution in [0.2, 0.25) is 0 Å². The summed E-state index contributed by atoms with van der Waals surface area (Å²) >= 11 is 2.97. The van der Waals surface area contributed by atoms with Crippen LogP contribution >= 0.6 is 22.7 Å². The van der Waals surface area contributed by atoms with Gasteiger partial charge in [-0.3, -0.25) is 9.69 Å². The van der Waals surface area contributed by atoms with Crippen molar-refractivity contribution in [2.45, 2.75) is 13.8 Å². The Kier molecular flexibility index (Phi) is 5.00. The van der Waals surface area contributed by atoms with Gasteiger partial charge in [0, 0.05) is 19.4 Å². The maximum absolute atomic E-state index is 11.5. The Balaban J connectivity index is 1.86. The van der Waals surface area contributed by atoms with Crippen LogP contribution in [0.1, 0.15) is 12.6 Å². The molecule has 2 heterocycles. The van der Waals surface area contributed by atoms with Gasteiger partial charge in [-0.25, -0.2) is 9.97 Å². The zero-order valence-electron chi connectivity index (χ0n) is 14.4. The number of nitrogens with one attached hydrogen (secondary N) is 1. The zero-order valence-corrected chi connectivity index (χ0v) is 16.0. The van der Waals surface area contributed by atoms with Gasteiger partial charge in [0.15, 0.2) is 10.3 Å². The van der Waals surface area contributed by atoms with E-state index in [-0.39, 0.29) is 5.91 Å². The highest BCUT2D eigenvalue weighted by Gasteiger charge is 2.17. The molecule has 0 aliphatic heterocycles. The van der Waals surface area contributed by atoms with E-state index in [2.05, 4.69) is 15.3 Å². The highest BCUT2D eigenvalue weighted by atomic mass is 32.1. The lowest BCUT2D eigenvalue weighted by atomic mass is 10.3. The topological polar surface area (TPSA) is 67.3 Å². The van der Waals surface area contributed by atoms with Crippen LogP contribution in [0.3, 0.4) is 0 Å². The normalized spacial score (nSPS) is 10.6. The molecule has 0 saturated carbocycles. The number of anilines is 3. The number of rotatable bonds is 5. The number of carbonyl (C=O) groups excluding carboxylic acids is 1. The number of aryl methyl sites for hydroxylation is 1. The summed E-state index contributed by atoms with van der Waals surface area (Å²) in [6.45, 7) is 3.45. The third-order valence-electron chi connectivity index (χ3n) is 3.63. The monoisotopic (exact) mass is 374 g/mol. The fourth-order valence-electron chi connectivity index (χ4n) is 2.20.